The summed E-state index contributed by atoms with van der Waals surface area (Å²) in [6.45, 7) is 2.94. The molecule has 1 atom stereocenters. The second kappa shape index (κ2) is 10.0. The molecule has 2 aromatic carbocycles. The monoisotopic (exact) mass is 512 g/mol. The molecule has 2 aliphatic heterocycles. The van der Waals surface area contributed by atoms with Crippen molar-refractivity contribution in [1.29, 1.82) is 0 Å². The number of pyridine rings is 1. The van der Waals surface area contributed by atoms with Crippen molar-refractivity contribution in [3.8, 4) is 5.75 Å². The molecule has 10 heteroatoms. The largest absolute Gasteiger partial charge is 0.497 e. The summed E-state index contributed by atoms with van der Waals surface area (Å²) in [6, 6.07) is 12.9. The first kappa shape index (κ1) is 24.5. The summed E-state index contributed by atoms with van der Waals surface area (Å²) in [4.78, 5) is 21.8. The SMILES string of the molecule is COc1cccc(S(=O)(=O)N2CCCC(C(=O)N3CCN(c4ccnc5cc(F)ccc45)CC3)C2)c1. The number of carbonyl (C=O) groups excluding carboxylic acids is 1. The molecule has 5 rings (SSSR count). The molecule has 3 aromatic rings. The second-order valence-corrected chi connectivity index (χ2v) is 11.1. The Hall–Kier alpha value is -3.24. The maximum absolute atomic E-state index is 13.6. The number of amides is 1. The Kier molecular flexibility index (Phi) is 6.81. The minimum Gasteiger partial charge on any atom is -0.497 e. The molecule has 0 spiro atoms. The van der Waals surface area contributed by atoms with Gasteiger partial charge in [-0.05, 0) is 43.2 Å². The first-order valence-corrected chi connectivity index (χ1v) is 13.5. The van der Waals surface area contributed by atoms with Crippen LogP contribution in [0, 0.1) is 11.7 Å². The zero-order chi connectivity index (χ0) is 25.3. The fraction of sp³-hybridized carbons (Fsp3) is 0.385. The number of nitrogens with zero attached hydrogens (tertiary/aromatic N) is 4. The minimum atomic E-state index is -3.72. The molecule has 2 fully saturated rings. The predicted octanol–water partition coefficient (Wildman–Crippen LogP) is 3.13. The third-order valence-corrected chi connectivity index (χ3v) is 8.89. The van der Waals surface area contributed by atoms with Gasteiger partial charge in [-0.15, -0.1) is 0 Å². The lowest BCUT2D eigenvalue weighted by atomic mass is 9.97. The maximum Gasteiger partial charge on any atom is 0.243 e. The summed E-state index contributed by atoms with van der Waals surface area (Å²) in [5.74, 6) is -0.208. The van der Waals surface area contributed by atoms with Crippen LogP contribution in [-0.2, 0) is 14.8 Å². The van der Waals surface area contributed by atoms with Crippen LogP contribution in [0.5, 0.6) is 5.75 Å². The van der Waals surface area contributed by atoms with Crippen LogP contribution in [0.2, 0.25) is 0 Å². The van der Waals surface area contributed by atoms with E-state index in [2.05, 4.69) is 9.88 Å². The zero-order valence-electron chi connectivity index (χ0n) is 20.1. The Morgan fingerprint density at radius 2 is 1.86 bits per heavy atom. The van der Waals surface area contributed by atoms with E-state index in [4.69, 9.17) is 4.74 Å². The molecule has 0 N–H and O–H groups in total. The highest BCUT2D eigenvalue weighted by Gasteiger charge is 2.36. The van der Waals surface area contributed by atoms with Gasteiger partial charge in [0.2, 0.25) is 15.9 Å². The molecular weight excluding hydrogens is 483 g/mol. The lowest BCUT2D eigenvalue weighted by molar-refractivity contribution is -0.137. The second-order valence-electron chi connectivity index (χ2n) is 9.19. The predicted molar refractivity (Wildman–Crippen MR) is 135 cm³/mol. The molecular formula is C26H29FN4O4S. The number of hydrogen-bond acceptors (Lipinski definition) is 6. The Morgan fingerprint density at radius 1 is 1.06 bits per heavy atom. The van der Waals surface area contributed by atoms with Gasteiger partial charge in [-0.1, -0.05) is 6.07 Å². The number of carbonyl (C=O) groups is 1. The molecule has 0 bridgehead atoms. The van der Waals surface area contributed by atoms with Crippen molar-refractivity contribution in [2.45, 2.75) is 17.7 Å². The zero-order valence-corrected chi connectivity index (χ0v) is 21.0. The average molecular weight is 513 g/mol. The van der Waals surface area contributed by atoms with E-state index in [1.54, 1.807) is 30.5 Å². The van der Waals surface area contributed by atoms with Gasteiger partial charge in [-0.2, -0.15) is 4.31 Å². The quantitative estimate of drug-likeness (QED) is 0.523. The van der Waals surface area contributed by atoms with E-state index in [-0.39, 0.29) is 29.1 Å². The molecule has 1 amide bonds. The molecule has 0 radical (unpaired) electrons. The number of piperidine rings is 1. The Bertz CT molecular complexity index is 1380. The van der Waals surface area contributed by atoms with Crippen LogP contribution in [0.4, 0.5) is 10.1 Å². The summed E-state index contributed by atoms with van der Waals surface area (Å²) in [5, 5.41) is 0.879. The maximum atomic E-state index is 13.6. The van der Waals surface area contributed by atoms with E-state index >= 15 is 0 Å². The number of fused-ring (bicyclic) bond motifs is 1. The summed E-state index contributed by atoms with van der Waals surface area (Å²) in [6.07, 6.45) is 2.98. The van der Waals surface area contributed by atoms with Crippen molar-refractivity contribution in [3.63, 3.8) is 0 Å². The highest BCUT2D eigenvalue weighted by atomic mass is 32.2. The molecule has 2 saturated heterocycles. The van der Waals surface area contributed by atoms with Gasteiger partial charge < -0.3 is 14.5 Å². The van der Waals surface area contributed by atoms with Gasteiger partial charge in [0.1, 0.15) is 11.6 Å². The number of hydrogen-bond donors (Lipinski definition) is 0. The van der Waals surface area contributed by atoms with Crippen LogP contribution in [0.25, 0.3) is 10.9 Å². The molecule has 36 heavy (non-hydrogen) atoms. The van der Waals surface area contributed by atoms with Gasteiger partial charge in [-0.25, -0.2) is 12.8 Å². The number of sulfonamides is 1. The van der Waals surface area contributed by atoms with Crippen LogP contribution in [0.3, 0.4) is 0 Å². The first-order valence-electron chi connectivity index (χ1n) is 12.1. The van der Waals surface area contributed by atoms with Gasteiger partial charge in [0.25, 0.3) is 0 Å². The van der Waals surface area contributed by atoms with E-state index in [0.29, 0.717) is 56.8 Å². The number of benzene rings is 2. The molecule has 8 nitrogen and oxygen atoms in total. The molecule has 3 heterocycles. The highest BCUT2D eigenvalue weighted by Crippen LogP contribution is 2.29. The number of aromatic nitrogens is 1. The summed E-state index contributed by atoms with van der Waals surface area (Å²) in [7, 11) is -2.22. The standard InChI is InChI=1S/C26H29FN4O4S/c1-35-21-5-2-6-22(17-21)36(33,34)31-11-3-4-19(18-31)26(32)30-14-12-29(13-15-30)25-9-10-28-24-16-20(27)7-8-23(24)25/h2,5-10,16-17,19H,3-4,11-15,18H2,1H3. The van der Waals surface area contributed by atoms with Gasteiger partial charge in [-0.3, -0.25) is 9.78 Å². The first-order chi connectivity index (χ1) is 17.4. The van der Waals surface area contributed by atoms with E-state index < -0.39 is 10.0 Å². The van der Waals surface area contributed by atoms with Crippen LogP contribution in [0.15, 0.2) is 59.6 Å². The smallest absolute Gasteiger partial charge is 0.243 e. The lowest BCUT2D eigenvalue weighted by Gasteiger charge is -2.39. The fourth-order valence-electron chi connectivity index (χ4n) is 5.08. The molecule has 1 aromatic heterocycles. The highest BCUT2D eigenvalue weighted by molar-refractivity contribution is 7.89. The van der Waals surface area contributed by atoms with E-state index in [1.807, 2.05) is 11.0 Å². The van der Waals surface area contributed by atoms with Crippen LogP contribution in [0.1, 0.15) is 12.8 Å². The Morgan fingerprint density at radius 3 is 2.64 bits per heavy atom. The van der Waals surface area contributed by atoms with Gasteiger partial charge in [0.05, 0.1) is 23.4 Å². The normalized spacial score (nSPS) is 19.4. The van der Waals surface area contributed by atoms with Crippen molar-refractivity contribution in [1.82, 2.24) is 14.2 Å². The van der Waals surface area contributed by atoms with Gasteiger partial charge in [0, 0.05) is 68.7 Å². The number of ether oxygens (including phenoxy) is 1. The third-order valence-electron chi connectivity index (χ3n) is 7.03. The van der Waals surface area contributed by atoms with Crippen molar-refractivity contribution < 1.29 is 22.3 Å². The molecule has 0 saturated carbocycles. The number of piperazine rings is 1. The lowest BCUT2D eigenvalue weighted by Crippen LogP contribution is -2.53. The van der Waals surface area contributed by atoms with Gasteiger partial charge >= 0.3 is 0 Å². The van der Waals surface area contributed by atoms with Crippen molar-refractivity contribution in [2.75, 3.05) is 51.3 Å². The molecule has 2 aliphatic rings. The summed E-state index contributed by atoms with van der Waals surface area (Å²) >= 11 is 0. The minimum absolute atomic E-state index is 0.00171. The average Bonchev–Trinajstić information content (AvgIpc) is 2.92. The number of halogens is 1. The molecule has 1 unspecified atom stereocenters. The van der Waals surface area contributed by atoms with Crippen LogP contribution < -0.4 is 9.64 Å². The van der Waals surface area contributed by atoms with Crippen molar-refractivity contribution >= 4 is 32.5 Å². The number of rotatable bonds is 5. The molecule has 190 valence electrons. The van der Waals surface area contributed by atoms with Crippen molar-refractivity contribution in [3.05, 3.63) is 60.5 Å². The number of methoxy groups -OCH3 is 1. The summed E-state index contributed by atoms with van der Waals surface area (Å²) < 4.78 is 46.7. The van der Waals surface area contributed by atoms with Crippen LogP contribution >= 0.6 is 0 Å². The van der Waals surface area contributed by atoms with E-state index in [1.165, 1.54) is 29.6 Å². The van der Waals surface area contributed by atoms with Gasteiger partial charge in [0.15, 0.2) is 0 Å². The van der Waals surface area contributed by atoms with Crippen LogP contribution in [-0.4, -0.2) is 74.9 Å². The fourth-order valence-corrected chi connectivity index (χ4v) is 6.64. The van der Waals surface area contributed by atoms with E-state index in [0.717, 1.165) is 11.1 Å². The number of anilines is 1. The Balaban J connectivity index is 1.25. The molecule has 0 aliphatic carbocycles. The van der Waals surface area contributed by atoms with Crippen molar-refractivity contribution in [2.24, 2.45) is 5.92 Å². The van der Waals surface area contributed by atoms with E-state index in [9.17, 15) is 17.6 Å². The third kappa shape index (κ3) is 4.75. The topological polar surface area (TPSA) is 83.0 Å². The Labute approximate surface area is 210 Å². The summed E-state index contributed by atoms with van der Waals surface area (Å²) in [5.41, 5.74) is 1.57.